The Morgan fingerprint density at radius 1 is 0.938 bits per heavy atom. The Bertz CT molecular complexity index is 128. The molecule has 1 unspecified atom stereocenters. The first-order valence-corrected chi connectivity index (χ1v) is 7.12. The van der Waals surface area contributed by atoms with Gasteiger partial charge in [-0.2, -0.15) is 0 Å². The van der Waals surface area contributed by atoms with E-state index in [4.69, 9.17) is 5.11 Å². The van der Waals surface area contributed by atoms with Gasteiger partial charge < -0.3 is 10.4 Å². The third-order valence-electron chi connectivity index (χ3n) is 3.07. The third-order valence-corrected chi connectivity index (χ3v) is 3.07. The van der Waals surface area contributed by atoms with Crippen molar-refractivity contribution in [3.05, 3.63) is 0 Å². The molecule has 0 fully saturated rings. The average Bonchev–Trinajstić information content (AvgIpc) is 2.31. The summed E-state index contributed by atoms with van der Waals surface area (Å²) < 4.78 is 0. The second-order valence-electron chi connectivity index (χ2n) is 4.95. The van der Waals surface area contributed by atoms with Crippen molar-refractivity contribution >= 4 is 0 Å². The van der Waals surface area contributed by atoms with Crippen molar-refractivity contribution in [3.8, 4) is 0 Å². The maximum absolute atomic E-state index is 8.86. The molecule has 0 spiro atoms. The second-order valence-corrected chi connectivity index (χ2v) is 4.95. The predicted octanol–water partition coefficient (Wildman–Crippen LogP) is 3.35. The van der Waals surface area contributed by atoms with E-state index < -0.39 is 0 Å². The van der Waals surface area contributed by atoms with Crippen LogP contribution in [-0.4, -0.2) is 24.8 Å². The Labute approximate surface area is 102 Å². The highest BCUT2D eigenvalue weighted by Gasteiger charge is 1.98. The van der Waals surface area contributed by atoms with E-state index in [0.29, 0.717) is 12.5 Å². The van der Waals surface area contributed by atoms with Crippen LogP contribution < -0.4 is 5.32 Å². The Morgan fingerprint density at radius 3 is 2.25 bits per heavy atom. The van der Waals surface area contributed by atoms with Gasteiger partial charge in [0, 0.05) is 6.61 Å². The number of hydrogen-bond acceptors (Lipinski definition) is 2. The molecule has 0 aliphatic rings. The smallest absolute Gasteiger partial charge is 0.0456 e. The lowest BCUT2D eigenvalue weighted by atomic mass is 10.1. The van der Waals surface area contributed by atoms with E-state index in [1.54, 1.807) is 0 Å². The van der Waals surface area contributed by atoms with Crippen LogP contribution in [0, 0.1) is 5.92 Å². The molecule has 16 heavy (non-hydrogen) atoms. The number of aliphatic hydroxyl groups excluding tert-OH is 1. The number of rotatable bonds is 12. The topological polar surface area (TPSA) is 32.3 Å². The molecule has 1 atom stereocenters. The summed E-state index contributed by atoms with van der Waals surface area (Å²) in [5.41, 5.74) is 0. The van der Waals surface area contributed by atoms with Gasteiger partial charge in [-0.05, 0) is 38.3 Å². The fraction of sp³-hybridized carbons (Fsp3) is 1.00. The third kappa shape index (κ3) is 12.0. The van der Waals surface area contributed by atoms with Crippen molar-refractivity contribution in [1.82, 2.24) is 5.32 Å². The van der Waals surface area contributed by atoms with Gasteiger partial charge in [0.15, 0.2) is 0 Å². The van der Waals surface area contributed by atoms with Crippen LogP contribution in [0.3, 0.4) is 0 Å². The Hall–Kier alpha value is -0.0800. The van der Waals surface area contributed by atoms with Gasteiger partial charge in [-0.1, -0.05) is 46.0 Å². The molecular weight excluding hydrogens is 198 g/mol. The quantitative estimate of drug-likeness (QED) is 0.503. The lowest BCUT2D eigenvalue weighted by Crippen LogP contribution is -2.17. The first-order valence-electron chi connectivity index (χ1n) is 7.12. The number of nitrogens with one attached hydrogen (secondary N) is 1. The van der Waals surface area contributed by atoms with E-state index in [1.165, 1.54) is 51.5 Å². The highest BCUT2D eigenvalue weighted by Crippen LogP contribution is 2.05. The van der Waals surface area contributed by atoms with E-state index in [1.807, 2.05) is 0 Å². The molecule has 0 bridgehead atoms. The Balaban J connectivity index is 2.93. The zero-order chi connectivity index (χ0) is 12.1. The normalized spacial score (nSPS) is 12.9. The van der Waals surface area contributed by atoms with Crippen molar-refractivity contribution in [2.24, 2.45) is 5.92 Å². The van der Waals surface area contributed by atoms with Crippen molar-refractivity contribution in [3.63, 3.8) is 0 Å². The summed E-state index contributed by atoms with van der Waals surface area (Å²) in [5.74, 6) is 0.468. The summed E-state index contributed by atoms with van der Waals surface area (Å²) in [6, 6.07) is 0. The predicted molar refractivity (Wildman–Crippen MR) is 71.7 cm³/mol. The summed E-state index contributed by atoms with van der Waals surface area (Å²) >= 11 is 0. The monoisotopic (exact) mass is 229 g/mol. The van der Waals surface area contributed by atoms with E-state index >= 15 is 0 Å². The average molecular weight is 229 g/mol. The van der Waals surface area contributed by atoms with E-state index in [2.05, 4.69) is 19.2 Å². The first kappa shape index (κ1) is 15.9. The summed E-state index contributed by atoms with van der Waals surface area (Å²) in [7, 11) is 0. The maximum atomic E-state index is 8.86. The highest BCUT2D eigenvalue weighted by atomic mass is 16.3. The molecule has 0 aromatic rings. The molecule has 0 aromatic heterocycles. The minimum Gasteiger partial charge on any atom is -0.396 e. The van der Waals surface area contributed by atoms with Crippen molar-refractivity contribution < 1.29 is 5.11 Å². The van der Waals surface area contributed by atoms with Crippen LogP contribution in [0.5, 0.6) is 0 Å². The van der Waals surface area contributed by atoms with Crippen molar-refractivity contribution in [2.45, 2.75) is 65.2 Å². The molecule has 2 heteroatoms. The van der Waals surface area contributed by atoms with Crippen LogP contribution in [0.1, 0.15) is 65.2 Å². The van der Waals surface area contributed by atoms with Gasteiger partial charge in [-0.15, -0.1) is 0 Å². The van der Waals surface area contributed by atoms with Gasteiger partial charge in [0.2, 0.25) is 0 Å². The van der Waals surface area contributed by atoms with Gasteiger partial charge in [-0.3, -0.25) is 0 Å². The van der Waals surface area contributed by atoms with Gasteiger partial charge in [0.1, 0.15) is 0 Å². The molecule has 98 valence electrons. The van der Waals surface area contributed by atoms with E-state index in [9.17, 15) is 0 Å². The molecule has 0 aliphatic heterocycles. The molecular formula is C14H31NO. The summed E-state index contributed by atoms with van der Waals surface area (Å²) in [4.78, 5) is 0. The molecule has 0 saturated carbocycles. The summed E-state index contributed by atoms with van der Waals surface area (Å²) in [6.45, 7) is 6.97. The zero-order valence-corrected chi connectivity index (χ0v) is 11.3. The SMILES string of the molecule is CCCCCCCCNCCCC(C)CO. The number of unbranched alkanes of at least 4 members (excludes halogenated alkanes) is 5. The molecule has 0 saturated heterocycles. The van der Waals surface area contributed by atoms with Crippen LogP contribution in [-0.2, 0) is 0 Å². The fourth-order valence-electron chi connectivity index (χ4n) is 1.82. The molecule has 0 radical (unpaired) electrons. The molecule has 0 rings (SSSR count). The van der Waals surface area contributed by atoms with Gasteiger partial charge >= 0.3 is 0 Å². The molecule has 0 aliphatic carbocycles. The second kappa shape index (κ2) is 13.0. The van der Waals surface area contributed by atoms with Crippen LogP contribution in [0.2, 0.25) is 0 Å². The first-order chi connectivity index (χ1) is 7.81. The minimum atomic E-state index is 0.331. The largest absolute Gasteiger partial charge is 0.396 e. The Kier molecular flexibility index (Phi) is 12.9. The molecule has 2 N–H and O–H groups in total. The molecule has 0 amide bonds. The van der Waals surface area contributed by atoms with Crippen LogP contribution in [0.15, 0.2) is 0 Å². The molecule has 0 aromatic carbocycles. The van der Waals surface area contributed by atoms with Crippen molar-refractivity contribution in [2.75, 3.05) is 19.7 Å². The summed E-state index contributed by atoms with van der Waals surface area (Å²) in [5, 5.41) is 12.3. The molecule has 2 nitrogen and oxygen atoms in total. The minimum absolute atomic E-state index is 0.331. The standard InChI is InChI=1S/C14H31NO/c1-3-4-5-6-7-8-11-15-12-9-10-14(2)13-16/h14-16H,3-13H2,1-2H3. The van der Waals surface area contributed by atoms with E-state index in [-0.39, 0.29) is 0 Å². The van der Waals surface area contributed by atoms with Gasteiger partial charge in [0.25, 0.3) is 0 Å². The van der Waals surface area contributed by atoms with Crippen molar-refractivity contribution in [1.29, 1.82) is 0 Å². The zero-order valence-electron chi connectivity index (χ0n) is 11.3. The summed E-state index contributed by atoms with van der Waals surface area (Å²) in [6.07, 6.45) is 10.6. The lowest BCUT2D eigenvalue weighted by molar-refractivity contribution is 0.228. The fourth-order valence-corrected chi connectivity index (χ4v) is 1.82. The van der Waals surface area contributed by atoms with E-state index in [0.717, 1.165) is 13.0 Å². The lowest BCUT2D eigenvalue weighted by Gasteiger charge is -2.08. The number of aliphatic hydroxyl groups is 1. The molecule has 0 heterocycles. The Morgan fingerprint density at radius 2 is 1.56 bits per heavy atom. The van der Waals surface area contributed by atoms with Crippen LogP contribution in [0.4, 0.5) is 0 Å². The van der Waals surface area contributed by atoms with Crippen LogP contribution in [0.25, 0.3) is 0 Å². The van der Waals surface area contributed by atoms with Gasteiger partial charge in [-0.25, -0.2) is 0 Å². The number of hydrogen-bond donors (Lipinski definition) is 2. The maximum Gasteiger partial charge on any atom is 0.0456 e. The highest BCUT2D eigenvalue weighted by molar-refractivity contribution is 4.54. The van der Waals surface area contributed by atoms with Gasteiger partial charge in [0.05, 0.1) is 0 Å². The van der Waals surface area contributed by atoms with Crippen LogP contribution >= 0.6 is 0 Å².